The van der Waals surface area contributed by atoms with Crippen LogP contribution in [0.2, 0.25) is 5.02 Å². The maximum atomic E-state index is 12.8. The molecule has 1 saturated carbocycles. The molecule has 1 aromatic carbocycles. The number of hydrogen-bond acceptors (Lipinski definition) is 4. The first-order valence-electron chi connectivity index (χ1n) is 8.25. The van der Waals surface area contributed by atoms with E-state index in [9.17, 15) is 4.79 Å². The van der Waals surface area contributed by atoms with Crippen LogP contribution in [0.3, 0.4) is 0 Å². The summed E-state index contributed by atoms with van der Waals surface area (Å²) in [5.74, 6) is -0.375. The van der Waals surface area contributed by atoms with E-state index < -0.39 is 6.04 Å². The van der Waals surface area contributed by atoms with E-state index in [1.165, 1.54) is 0 Å². The second kappa shape index (κ2) is 7.72. The highest BCUT2D eigenvalue weighted by Crippen LogP contribution is 2.39. The van der Waals surface area contributed by atoms with E-state index in [0.29, 0.717) is 28.4 Å². The number of methoxy groups -OCH3 is 1. The van der Waals surface area contributed by atoms with Crippen molar-refractivity contribution >= 4 is 34.9 Å². The zero-order valence-corrected chi connectivity index (χ0v) is 15.8. The third-order valence-corrected chi connectivity index (χ3v) is 5.05. The summed E-state index contributed by atoms with van der Waals surface area (Å²) in [5.41, 5.74) is 2.18. The van der Waals surface area contributed by atoms with Gasteiger partial charge in [-0.1, -0.05) is 29.8 Å². The van der Waals surface area contributed by atoms with Crippen molar-refractivity contribution in [1.82, 2.24) is 10.2 Å². The van der Waals surface area contributed by atoms with Crippen molar-refractivity contribution in [2.75, 3.05) is 20.3 Å². The van der Waals surface area contributed by atoms with Crippen LogP contribution < -0.4 is 5.32 Å². The molecule has 0 spiro atoms. The third-order valence-electron chi connectivity index (χ3n) is 4.40. The normalized spacial score (nSPS) is 20.5. The molecule has 0 radical (unpaired) electrons. The number of hydrogen-bond donors (Lipinski definition) is 1. The molecule has 0 unspecified atom stereocenters. The molecule has 134 valence electrons. The first kappa shape index (κ1) is 18.2. The second-order valence-electron chi connectivity index (χ2n) is 6.13. The summed E-state index contributed by atoms with van der Waals surface area (Å²) < 4.78 is 10.4. The SMILES string of the molecule is COCCOC(=O)C1=C(C)N(C2CC2)C(=S)N[C@H]1c1ccccc1Cl. The summed E-state index contributed by atoms with van der Waals surface area (Å²) in [4.78, 5) is 14.8. The number of benzene rings is 1. The van der Waals surface area contributed by atoms with Crippen molar-refractivity contribution < 1.29 is 14.3 Å². The fourth-order valence-corrected chi connectivity index (χ4v) is 3.68. The van der Waals surface area contributed by atoms with Crippen LogP contribution in [-0.4, -0.2) is 42.3 Å². The van der Waals surface area contributed by atoms with E-state index in [-0.39, 0.29) is 12.6 Å². The van der Waals surface area contributed by atoms with E-state index in [4.69, 9.17) is 33.3 Å². The molecular weight excluding hydrogens is 360 g/mol. The molecule has 1 atom stereocenters. The summed E-state index contributed by atoms with van der Waals surface area (Å²) in [6.07, 6.45) is 2.14. The van der Waals surface area contributed by atoms with Crippen molar-refractivity contribution in [1.29, 1.82) is 0 Å². The van der Waals surface area contributed by atoms with Crippen molar-refractivity contribution in [3.05, 3.63) is 46.1 Å². The zero-order valence-electron chi connectivity index (χ0n) is 14.3. The van der Waals surface area contributed by atoms with Crippen LogP contribution in [-0.2, 0) is 14.3 Å². The van der Waals surface area contributed by atoms with Gasteiger partial charge >= 0.3 is 5.97 Å². The number of ether oxygens (including phenoxy) is 2. The molecule has 0 amide bonds. The molecule has 1 heterocycles. The lowest BCUT2D eigenvalue weighted by Crippen LogP contribution is -2.48. The number of nitrogens with zero attached hydrogens (tertiary/aromatic N) is 1. The van der Waals surface area contributed by atoms with Gasteiger partial charge < -0.3 is 19.7 Å². The van der Waals surface area contributed by atoms with E-state index in [1.54, 1.807) is 13.2 Å². The average molecular weight is 381 g/mol. The number of carbonyl (C=O) groups is 1. The number of rotatable bonds is 6. The highest BCUT2D eigenvalue weighted by molar-refractivity contribution is 7.80. The molecule has 3 rings (SSSR count). The minimum absolute atomic E-state index is 0.204. The van der Waals surface area contributed by atoms with Crippen LogP contribution in [0.15, 0.2) is 35.5 Å². The Morgan fingerprint density at radius 2 is 2.08 bits per heavy atom. The van der Waals surface area contributed by atoms with Crippen LogP contribution in [0.25, 0.3) is 0 Å². The maximum Gasteiger partial charge on any atom is 0.338 e. The van der Waals surface area contributed by atoms with E-state index >= 15 is 0 Å². The van der Waals surface area contributed by atoms with Gasteiger partial charge in [-0.25, -0.2) is 4.79 Å². The molecular formula is C18H21ClN2O3S. The van der Waals surface area contributed by atoms with Gasteiger partial charge in [0.15, 0.2) is 5.11 Å². The van der Waals surface area contributed by atoms with Gasteiger partial charge in [-0.15, -0.1) is 0 Å². The molecule has 1 fully saturated rings. The van der Waals surface area contributed by atoms with Crippen molar-refractivity contribution in [3.63, 3.8) is 0 Å². The van der Waals surface area contributed by atoms with Crippen LogP contribution in [0.1, 0.15) is 31.4 Å². The van der Waals surface area contributed by atoms with Crippen LogP contribution in [0.4, 0.5) is 0 Å². The predicted octanol–water partition coefficient (Wildman–Crippen LogP) is 3.20. The van der Waals surface area contributed by atoms with Gasteiger partial charge in [-0.05, 0) is 43.6 Å². The number of nitrogens with one attached hydrogen (secondary N) is 1. The van der Waals surface area contributed by atoms with Crippen LogP contribution >= 0.6 is 23.8 Å². The van der Waals surface area contributed by atoms with E-state index in [1.807, 2.05) is 30.0 Å². The average Bonchev–Trinajstić information content (AvgIpc) is 3.39. The number of allylic oxidation sites excluding steroid dienone is 1. The first-order valence-corrected chi connectivity index (χ1v) is 9.04. The fraction of sp³-hybridized carbons (Fsp3) is 0.444. The number of halogens is 1. The summed E-state index contributed by atoms with van der Waals surface area (Å²) in [6.45, 7) is 2.48. The van der Waals surface area contributed by atoms with Gasteiger partial charge in [0.25, 0.3) is 0 Å². The van der Waals surface area contributed by atoms with Crippen molar-refractivity contribution in [2.45, 2.75) is 31.8 Å². The molecule has 2 aliphatic rings. The van der Waals surface area contributed by atoms with E-state index in [2.05, 4.69) is 5.32 Å². The lowest BCUT2D eigenvalue weighted by molar-refractivity contribution is -0.140. The fourth-order valence-electron chi connectivity index (χ4n) is 3.03. The smallest absolute Gasteiger partial charge is 0.338 e. The van der Waals surface area contributed by atoms with Gasteiger partial charge in [0.1, 0.15) is 6.61 Å². The highest BCUT2D eigenvalue weighted by Gasteiger charge is 2.41. The Balaban J connectivity index is 1.99. The Kier molecular flexibility index (Phi) is 5.61. The molecule has 0 aromatic heterocycles. The van der Waals surface area contributed by atoms with E-state index in [0.717, 1.165) is 24.1 Å². The Bertz CT molecular complexity index is 718. The van der Waals surface area contributed by atoms with Gasteiger partial charge in [0.05, 0.1) is 18.2 Å². The molecule has 0 saturated heterocycles. The minimum Gasteiger partial charge on any atom is -0.460 e. The Labute approximate surface area is 157 Å². The largest absolute Gasteiger partial charge is 0.460 e. The number of esters is 1. The number of carbonyl (C=O) groups excluding carboxylic acids is 1. The van der Waals surface area contributed by atoms with Crippen LogP contribution in [0.5, 0.6) is 0 Å². The lowest BCUT2D eigenvalue weighted by atomic mass is 9.95. The summed E-state index contributed by atoms with van der Waals surface area (Å²) in [6, 6.07) is 7.38. The van der Waals surface area contributed by atoms with Crippen molar-refractivity contribution in [3.8, 4) is 0 Å². The predicted molar refractivity (Wildman–Crippen MR) is 100 cm³/mol. The Hall–Kier alpha value is -1.63. The molecule has 1 aliphatic carbocycles. The second-order valence-corrected chi connectivity index (χ2v) is 6.93. The standard InChI is InChI=1S/C18H21ClN2O3S/c1-11-15(17(22)24-10-9-23-2)16(13-5-3-4-6-14(13)19)20-18(25)21(11)12-7-8-12/h3-6,12,16H,7-10H2,1-2H3,(H,20,25)/t16-/m0/s1. The molecule has 25 heavy (non-hydrogen) atoms. The minimum atomic E-state index is -0.425. The summed E-state index contributed by atoms with van der Waals surface area (Å²) >= 11 is 11.9. The Morgan fingerprint density at radius 3 is 2.72 bits per heavy atom. The first-order chi connectivity index (χ1) is 12.0. The maximum absolute atomic E-state index is 12.8. The molecule has 5 nitrogen and oxygen atoms in total. The van der Waals surface area contributed by atoms with Gasteiger partial charge in [0, 0.05) is 23.9 Å². The monoisotopic (exact) mass is 380 g/mol. The summed E-state index contributed by atoms with van der Waals surface area (Å²) in [7, 11) is 1.57. The van der Waals surface area contributed by atoms with Gasteiger partial charge in [0.2, 0.25) is 0 Å². The molecule has 1 N–H and O–H groups in total. The molecule has 1 aromatic rings. The lowest BCUT2D eigenvalue weighted by Gasteiger charge is -2.38. The third kappa shape index (κ3) is 3.81. The van der Waals surface area contributed by atoms with Gasteiger partial charge in [-0.3, -0.25) is 0 Å². The number of thiocarbonyl (C=S) groups is 1. The van der Waals surface area contributed by atoms with Crippen molar-refractivity contribution in [2.24, 2.45) is 0 Å². The highest BCUT2D eigenvalue weighted by atomic mass is 35.5. The Morgan fingerprint density at radius 1 is 1.36 bits per heavy atom. The zero-order chi connectivity index (χ0) is 18.0. The molecule has 1 aliphatic heterocycles. The van der Waals surface area contributed by atoms with Gasteiger partial charge in [-0.2, -0.15) is 0 Å². The quantitative estimate of drug-likeness (QED) is 0.464. The van der Waals surface area contributed by atoms with Crippen LogP contribution in [0, 0.1) is 0 Å². The topological polar surface area (TPSA) is 50.8 Å². The molecule has 7 heteroatoms. The summed E-state index contributed by atoms with van der Waals surface area (Å²) in [5, 5.41) is 4.48. The molecule has 0 bridgehead atoms.